The molecular weight excluding hydrogens is 360 g/mol. The standard InChI is InChI=1S/C16H21ClN6O3/c1-3-22-15(19-20(2)16(22)26)11-5-4-8-21(9-11)14(25)10-23-13(24)7-6-12(17)18-23/h6-7,11H,3-5,8-10H2,1-2H3. The first kappa shape index (κ1) is 18.4. The van der Waals surface area contributed by atoms with Crippen LogP contribution in [0.5, 0.6) is 0 Å². The molecule has 0 spiro atoms. The fourth-order valence-corrected chi connectivity index (χ4v) is 3.46. The molecule has 0 saturated carbocycles. The Bertz CT molecular complexity index is 931. The number of aryl methyl sites for hydroxylation is 1. The molecule has 1 aliphatic heterocycles. The summed E-state index contributed by atoms with van der Waals surface area (Å²) in [4.78, 5) is 38.3. The molecule has 1 aliphatic rings. The molecule has 1 fully saturated rings. The zero-order chi connectivity index (χ0) is 18.8. The highest BCUT2D eigenvalue weighted by Crippen LogP contribution is 2.25. The number of halogens is 1. The zero-order valence-corrected chi connectivity index (χ0v) is 15.5. The Kier molecular flexibility index (Phi) is 5.26. The maximum Gasteiger partial charge on any atom is 0.345 e. The summed E-state index contributed by atoms with van der Waals surface area (Å²) in [7, 11) is 1.63. The van der Waals surface area contributed by atoms with Crippen molar-refractivity contribution in [3.63, 3.8) is 0 Å². The summed E-state index contributed by atoms with van der Waals surface area (Å²) >= 11 is 5.80. The number of carbonyl (C=O) groups excluding carboxylic acids is 1. The smallest absolute Gasteiger partial charge is 0.340 e. The Labute approximate surface area is 154 Å². The van der Waals surface area contributed by atoms with Crippen LogP contribution in [-0.2, 0) is 24.9 Å². The fraction of sp³-hybridized carbons (Fsp3) is 0.562. The third kappa shape index (κ3) is 3.57. The van der Waals surface area contributed by atoms with Crippen molar-refractivity contribution < 1.29 is 4.79 Å². The van der Waals surface area contributed by atoms with Gasteiger partial charge in [-0.2, -0.15) is 10.2 Å². The molecule has 140 valence electrons. The van der Waals surface area contributed by atoms with E-state index in [1.165, 1.54) is 16.8 Å². The van der Waals surface area contributed by atoms with Gasteiger partial charge in [0.2, 0.25) is 5.91 Å². The van der Waals surface area contributed by atoms with E-state index in [9.17, 15) is 14.4 Å². The third-order valence-corrected chi connectivity index (χ3v) is 4.81. The van der Waals surface area contributed by atoms with E-state index < -0.39 is 0 Å². The summed E-state index contributed by atoms with van der Waals surface area (Å²) < 4.78 is 4.04. The van der Waals surface area contributed by atoms with Gasteiger partial charge in [-0.15, -0.1) is 0 Å². The molecule has 10 heteroatoms. The minimum atomic E-state index is -0.374. The largest absolute Gasteiger partial charge is 0.345 e. The number of piperidine rings is 1. The lowest BCUT2D eigenvalue weighted by molar-refractivity contribution is -0.133. The molecule has 2 aromatic heterocycles. The van der Waals surface area contributed by atoms with Gasteiger partial charge in [-0.25, -0.2) is 14.2 Å². The van der Waals surface area contributed by atoms with Gasteiger partial charge in [-0.3, -0.25) is 14.2 Å². The quantitative estimate of drug-likeness (QED) is 0.756. The topological polar surface area (TPSA) is 95.0 Å². The number of carbonyl (C=O) groups is 1. The lowest BCUT2D eigenvalue weighted by Gasteiger charge is -2.32. The van der Waals surface area contributed by atoms with E-state index >= 15 is 0 Å². The van der Waals surface area contributed by atoms with Gasteiger partial charge in [0.25, 0.3) is 5.56 Å². The van der Waals surface area contributed by atoms with Crippen molar-refractivity contribution in [1.82, 2.24) is 29.0 Å². The summed E-state index contributed by atoms with van der Waals surface area (Å²) in [6, 6.07) is 2.68. The van der Waals surface area contributed by atoms with E-state index in [0.717, 1.165) is 17.5 Å². The van der Waals surface area contributed by atoms with Gasteiger partial charge in [-0.1, -0.05) is 11.6 Å². The molecule has 1 saturated heterocycles. The summed E-state index contributed by atoms with van der Waals surface area (Å²) in [5.74, 6) is 0.494. The number of nitrogens with zero attached hydrogens (tertiary/aromatic N) is 6. The molecule has 0 radical (unpaired) electrons. The Morgan fingerprint density at radius 1 is 1.31 bits per heavy atom. The second-order valence-electron chi connectivity index (χ2n) is 6.34. The van der Waals surface area contributed by atoms with Gasteiger partial charge in [-0.05, 0) is 25.8 Å². The molecule has 3 heterocycles. The Morgan fingerprint density at radius 3 is 2.81 bits per heavy atom. The Morgan fingerprint density at radius 2 is 2.08 bits per heavy atom. The van der Waals surface area contributed by atoms with Crippen molar-refractivity contribution in [2.45, 2.75) is 38.8 Å². The SMILES string of the molecule is CCn1c(C2CCCN(C(=O)Cn3nc(Cl)ccc3=O)C2)nn(C)c1=O. The van der Waals surface area contributed by atoms with Crippen molar-refractivity contribution >= 4 is 17.5 Å². The average Bonchev–Trinajstić information content (AvgIpc) is 2.92. The summed E-state index contributed by atoms with van der Waals surface area (Å²) in [5.41, 5.74) is -0.526. The predicted molar refractivity (Wildman–Crippen MR) is 95.2 cm³/mol. The molecule has 26 heavy (non-hydrogen) atoms. The molecule has 1 atom stereocenters. The first-order valence-corrected chi connectivity index (χ1v) is 8.93. The van der Waals surface area contributed by atoms with Gasteiger partial charge in [0.15, 0.2) is 0 Å². The molecule has 0 bridgehead atoms. The third-order valence-electron chi connectivity index (χ3n) is 4.61. The second-order valence-corrected chi connectivity index (χ2v) is 6.73. The highest BCUT2D eigenvalue weighted by atomic mass is 35.5. The van der Waals surface area contributed by atoms with Crippen LogP contribution in [0.3, 0.4) is 0 Å². The van der Waals surface area contributed by atoms with Crippen LogP contribution in [0.15, 0.2) is 21.7 Å². The predicted octanol–water partition coefficient (Wildman–Crippen LogP) is 0.218. The minimum absolute atomic E-state index is 0.00871. The van der Waals surface area contributed by atoms with Gasteiger partial charge in [0.05, 0.1) is 0 Å². The highest BCUT2D eigenvalue weighted by molar-refractivity contribution is 6.29. The van der Waals surface area contributed by atoms with Crippen molar-refractivity contribution in [3.05, 3.63) is 43.9 Å². The van der Waals surface area contributed by atoms with Crippen LogP contribution in [0.25, 0.3) is 0 Å². The van der Waals surface area contributed by atoms with Crippen LogP contribution >= 0.6 is 11.6 Å². The van der Waals surface area contributed by atoms with Crippen molar-refractivity contribution in [2.24, 2.45) is 7.05 Å². The molecular formula is C16H21ClN6O3. The van der Waals surface area contributed by atoms with Gasteiger partial charge in [0, 0.05) is 38.7 Å². The number of likely N-dealkylation sites (tertiary alicyclic amines) is 1. The normalized spacial score (nSPS) is 17.5. The molecule has 0 N–H and O–H groups in total. The van der Waals surface area contributed by atoms with Crippen LogP contribution in [0.2, 0.25) is 5.15 Å². The van der Waals surface area contributed by atoms with E-state index in [1.807, 2.05) is 6.92 Å². The zero-order valence-electron chi connectivity index (χ0n) is 14.8. The molecule has 1 amide bonds. The molecule has 0 aliphatic carbocycles. The lowest BCUT2D eigenvalue weighted by Crippen LogP contribution is -2.43. The maximum absolute atomic E-state index is 12.6. The molecule has 2 aromatic rings. The Hall–Kier alpha value is -2.42. The van der Waals surface area contributed by atoms with Crippen molar-refractivity contribution in [2.75, 3.05) is 13.1 Å². The lowest BCUT2D eigenvalue weighted by atomic mass is 9.97. The van der Waals surface area contributed by atoms with Crippen LogP contribution < -0.4 is 11.2 Å². The highest BCUT2D eigenvalue weighted by Gasteiger charge is 2.29. The van der Waals surface area contributed by atoms with Crippen LogP contribution in [0.1, 0.15) is 31.5 Å². The number of aromatic nitrogens is 5. The Balaban J connectivity index is 1.77. The minimum Gasteiger partial charge on any atom is -0.340 e. The maximum atomic E-state index is 12.6. The van der Waals surface area contributed by atoms with Crippen molar-refractivity contribution in [3.8, 4) is 0 Å². The number of hydrogen-bond acceptors (Lipinski definition) is 5. The van der Waals surface area contributed by atoms with Crippen LogP contribution in [-0.4, -0.2) is 48.0 Å². The molecule has 9 nitrogen and oxygen atoms in total. The number of amides is 1. The summed E-state index contributed by atoms with van der Waals surface area (Å²) in [6.45, 7) is 3.34. The van der Waals surface area contributed by atoms with Crippen LogP contribution in [0.4, 0.5) is 0 Å². The summed E-state index contributed by atoms with van der Waals surface area (Å²) in [5, 5.41) is 8.40. The van der Waals surface area contributed by atoms with Gasteiger partial charge < -0.3 is 4.90 Å². The molecule has 1 unspecified atom stereocenters. The van der Waals surface area contributed by atoms with E-state index in [4.69, 9.17) is 11.6 Å². The average molecular weight is 381 g/mol. The van der Waals surface area contributed by atoms with Gasteiger partial charge in [0.1, 0.15) is 17.5 Å². The monoisotopic (exact) mass is 380 g/mol. The van der Waals surface area contributed by atoms with E-state index in [1.54, 1.807) is 16.5 Å². The first-order valence-electron chi connectivity index (χ1n) is 8.56. The van der Waals surface area contributed by atoms with Crippen molar-refractivity contribution in [1.29, 1.82) is 0 Å². The number of hydrogen-bond donors (Lipinski definition) is 0. The van der Waals surface area contributed by atoms with Gasteiger partial charge >= 0.3 is 5.69 Å². The summed E-state index contributed by atoms with van der Waals surface area (Å²) in [6.07, 6.45) is 1.67. The molecule has 0 aromatic carbocycles. The second kappa shape index (κ2) is 7.45. The van der Waals surface area contributed by atoms with E-state index in [2.05, 4.69) is 10.2 Å². The fourth-order valence-electron chi connectivity index (χ4n) is 3.30. The molecule has 3 rings (SSSR count). The number of rotatable bonds is 4. The van der Waals surface area contributed by atoms with E-state index in [-0.39, 0.29) is 34.8 Å². The van der Waals surface area contributed by atoms with Crippen LogP contribution in [0, 0.1) is 0 Å². The first-order chi connectivity index (χ1) is 12.4. The van der Waals surface area contributed by atoms with E-state index in [0.29, 0.717) is 25.5 Å².